The number of carbonyl (C=O) groups is 3. The van der Waals surface area contributed by atoms with E-state index in [4.69, 9.17) is 22.8 Å². The van der Waals surface area contributed by atoms with Gasteiger partial charge in [-0.05, 0) is 29.5 Å². The van der Waals surface area contributed by atoms with Crippen LogP contribution in [0.1, 0.15) is 31.7 Å². The number of esters is 1. The summed E-state index contributed by atoms with van der Waals surface area (Å²) in [6.07, 6.45) is 5.42. The van der Waals surface area contributed by atoms with E-state index < -0.39 is 35.3 Å². The molecule has 0 bridgehead atoms. The Morgan fingerprint density at radius 1 is 1.36 bits per heavy atom. The molecule has 1 aromatic rings. The van der Waals surface area contributed by atoms with Gasteiger partial charge in [-0.3, -0.25) is 14.9 Å². The van der Waals surface area contributed by atoms with Gasteiger partial charge in [-0.1, -0.05) is 43.5 Å². The van der Waals surface area contributed by atoms with Gasteiger partial charge in [0.05, 0.1) is 5.92 Å². The molecule has 1 heterocycles. The van der Waals surface area contributed by atoms with Crippen molar-refractivity contribution in [3.8, 4) is 12.3 Å². The lowest BCUT2D eigenvalue weighted by atomic mass is 9.71. The molecule has 0 saturated carbocycles. The SMILES string of the molecule is C#CCOC(=O)C(c1ccc(Cl)cc1)C(C)(C)CC1NC(=O)NC1=O. The van der Waals surface area contributed by atoms with Crippen molar-refractivity contribution in [1.82, 2.24) is 10.6 Å². The number of halogens is 1. The molecule has 2 unspecified atom stereocenters. The fourth-order valence-electron chi connectivity index (χ4n) is 3.00. The third kappa shape index (κ3) is 4.52. The summed E-state index contributed by atoms with van der Waals surface area (Å²) in [6, 6.07) is 5.58. The zero-order valence-electron chi connectivity index (χ0n) is 14.0. The molecule has 1 aliphatic rings. The molecule has 0 radical (unpaired) electrons. The fourth-order valence-corrected chi connectivity index (χ4v) is 3.13. The average Bonchev–Trinajstić information content (AvgIpc) is 2.84. The number of urea groups is 1. The number of hydrogen-bond donors (Lipinski definition) is 2. The molecule has 0 aliphatic carbocycles. The van der Waals surface area contributed by atoms with Crippen LogP contribution in [0.2, 0.25) is 5.02 Å². The molecule has 25 heavy (non-hydrogen) atoms. The number of nitrogens with one attached hydrogen (secondary N) is 2. The number of carbonyl (C=O) groups excluding carboxylic acids is 3. The van der Waals surface area contributed by atoms with E-state index in [1.165, 1.54) is 0 Å². The first kappa shape index (κ1) is 18.8. The highest BCUT2D eigenvalue weighted by molar-refractivity contribution is 6.30. The van der Waals surface area contributed by atoms with E-state index in [-0.39, 0.29) is 13.0 Å². The first-order valence-corrected chi connectivity index (χ1v) is 8.09. The van der Waals surface area contributed by atoms with Crippen molar-refractivity contribution >= 4 is 29.5 Å². The minimum atomic E-state index is -0.710. The van der Waals surface area contributed by atoms with Gasteiger partial charge >= 0.3 is 12.0 Å². The molecule has 1 fully saturated rings. The summed E-state index contributed by atoms with van der Waals surface area (Å²) in [4.78, 5) is 35.8. The lowest BCUT2D eigenvalue weighted by molar-refractivity contribution is -0.147. The highest BCUT2D eigenvalue weighted by Gasteiger charge is 2.42. The Morgan fingerprint density at radius 2 is 2.00 bits per heavy atom. The van der Waals surface area contributed by atoms with Crippen molar-refractivity contribution in [3.05, 3.63) is 34.9 Å². The summed E-state index contributed by atoms with van der Waals surface area (Å²) < 4.78 is 5.14. The van der Waals surface area contributed by atoms with Gasteiger partial charge in [-0.25, -0.2) is 4.79 Å². The van der Waals surface area contributed by atoms with Crippen LogP contribution in [-0.4, -0.2) is 30.6 Å². The predicted molar refractivity (Wildman–Crippen MR) is 92.8 cm³/mol. The number of imide groups is 1. The van der Waals surface area contributed by atoms with Crippen molar-refractivity contribution in [2.24, 2.45) is 5.41 Å². The lowest BCUT2D eigenvalue weighted by Gasteiger charge is -2.34. The third-order valence-corrected chi connectivity index (χ3v) is 4.36. The summed E-state index contributed by atoms with van der Waals surface area (Å²) in [6.45, 7) is 3.53. The molecule has 2 atom stereocenters. The summed E-state index contributed by atoms with van der Waals surface area (Å²) in [5.74, 6) is 0.686. The molecule has 0 spiro atoms. The molecule has 1 aromatic carbocycles. The molecule has 1 aliphatic heterocycles. The number of amides is 3. The molecular formula is C18H19ClN2O4. The van der Waals surface area contributed by atoms with Crippen LogP contribution < -0.4 is 10.6 Å². The van der Waals surface area contributed by atoms with E-state index in [0.717, 1.165) is 0 Å². The standard InChI is InChI=1S/C18H19ClN2O4/c1-4-9-25-16(23)14(11-5-7-12(19)8-6-11)18(2,3)10-13-15(22)21-17(24)20-13/h1,5-8,13-14H,9-10H2,2-3H3,(H2,20,21,22,24). The average molecular weight is 363 g/mol. The van der Waals surface area contributed by atoms with E-state index in [0.29, 0.717) is 10.6 Å². The van der Waals surface area contributed by atoms with Gasteiger partial charge in [-0.2, -0.15) is 0 Å². The Labute approximate surface area is 151 Å². The maximum atomic E-state index is 12.6. The third-order valence-electron chi connectivity index (χ3n) is 4.11. The van der Waals surface area contributed by atoms with Crippen LogP contribution >= 0.6 is 11.6 Å². The molecule has 0 aromatic heterocycles. The minimum absolute atomic E-state index is 0.139. The summed E-state index contributed by atoms with van der Waals surface area (Å²) in [5, 5.41) is 5.28. The number of hydrogen-bond acceptors (Lipinski definition) is 4. The smallest absolute Gasteiger partial charge is 0.322 e. The van der Waals surface area contributed by atoms with Crippen molar-refractivity contribution in [3.63, 3.8) is 0 Å². The van der Waals surface area contributed by atoms with E-state index in [2.05, 4.69) is 16.6 Å². The summed E-state index contributed by atoms with van der Waals surface area (Å²) >= 11 is 5.92. The number of benzene rings is 1. The van der Waals surface area contributed by atoms with Crippen molar-refractivity contribution in [2.75, 3.05) is 6.61 Å². The van der Waals surface area contributed by atoms with Crippen molar-refractivity contribution in [1.29, 1.82) is 0 Å². The zero-order chi connectivity index (χ0) is 18.6. The highest BCUT2D eigenvalue weighted by atomic mass is 35.5. The number of ether oxygens (including phenoxy) is 1. The van der Waals surface area contributed by atoms with Gasteiger partial charge in [0.2, 0.25) is 0 Å². The Kier molecular flexibility index (Phi) is 5.70. The van der Waals surface area contributed by atoms with Crippen LogP contribution in [0.5, 0.6) is 0 Å². The van der Waals surface area contributed by atoms with E-state index in [9.17, 15) is 14.4 Å². The Hall–Kier alpha value is -2.52. The number of rotatable bonds is 6. The van der Waals surface area contributed by atoms with Crippen LogP contribution in [0, 0.1) is 17.8 Å². The fraction of sp³-hybridized carbons (Fsp3) is 0.389. The van der Waals surface area contributed by atoms with Crippen LogP contribution in [0.3, 0.4) is 0 Å². The highest BCUT2D eigenvalue weighted by Crippen LogP contribution is 2.41. The molecule has 6 nitrogen and oxygen atoms in total. The van der Waals surface area contributed by atoms with Gasteiger partial charge in [0.25, 0.3) is 5.91 Å². The monoisotopic (exact) mass is 362 g/mol. The first-order valence-electron chi connectivity index (χ1n) is 7.71. The van der Waals surface area contributed by atoms with Gasteiger partial charge in [0.15, 0.2) is 6.61 Å². The summed E-state index contributed by atoms with van der Waals surface area (Å²) in [5.41, 5.74) is 0.000213. The molecule has 132 valence electrons. The van der Waals surface area contributed by atoms with Gasteiger partial charge < -0.3 is 10.1 Å². The molecule has 2 N–H and O–H groups in total. The van der Waals surface area contributed by atoms with Crippen molar-refractivity contribution in [2.45, 2.75) is 32.2 Å². The first-order chi connectivity index (χ1) is 11.7. The predicted octanol–water partition coefficient (Wildman–Crippen LogP) is 2.22. The quantitative estimate of drug-likeness (QED) is 0.461. The largest absolute Gasteiger partial charge is 0.452 e. The van der Waals surface area contributed by atoms with E-state index >= 15 is 0 Å². The minimum Gasteiger partial charge on any atom is -0.452 e. The van der Waals surface area contributed by atoms with Crippen LogP contribution in [0.15, 0.2) is 24.3 Å². The molecule has 7 heteroatoms. The second kappa shape index (κ2) is 7.58. The number of terminal acetylenes is 1. The van der Waals surface area contributed by atoms with Gasteiger partial charge in [0, 0.05) is 5.02 Å². The van der Waals surface area contributed by atoms with E-state index in [1.54, 1.807) is 24.3 Å². The van der Waals surface area contributed by atoms with Crippen LogP contribution in [-0.2, 0) is 14.3 Å². The summed E-state index contributed by atoms with van der Waals surface area (Å²) in [7, 11) is 0. The normalized spacial score (nSPS) is 18.1. The van der Waals surface area contributed by atoms with Crippen LogP contribution in [0.4, 0.5) is 4.79 Å². The lowest BCUT2D eigenvalue weighted by Crippen LogP contribution is -2.39. The second-order valence-corrected chi connectivity index (χ2v) is 6.94. The molecular weight excluding hydrogens is 344 g/mol. The zero-order valence-corrected chi connectivity index (χ0v) is 14.7. The van der Waals surface area contributed by atoms with Gasteiger partial charge in [0.1, 0.15) is 6.04 Å². The molecule has 2 rings (SSSR count). The Morgan fingerprint density at radius 3 is 2.52 bits per heavy atom. The molecule has 1 saturated heterocycles. The van der Waals surface area contributed by atoms with Crippen LogP contribution in [0.25, 0.3) is 0 Å². The van der Waals surface area contributed by atoms with Gasteiger partial charge in [-0.15, -0.1) is 6.42 Å². The Balaban J connectivity index is 2.30. The Bertz CT molecular complexity index is 722. The topological polar surface area (TPSA) is 84.5 Å². The maximum Gasteiger partial charge on any atom is 0.322 e. The van der Waals surface area contributed by atoms with Crippen molar-refractivity contribution < 1.29 is 19.1 Å². The molecule has 3 amide bonds. The van der Waals surface area contributed by atoms with E-state index in [1.807, 2.05) is 13.8 Å². The maximum absolute atomic E-state index is 12.6. The second-order valence-electron chi connectivity index (χ2n) is 6.50.